The molecule has 1 fully saturated rings. The molecule has 100 valence electrons. The van der Waals surface area contributed by atoms with Crippen molar-refractivity contribution in [3.63, 3.8) is 0 Å². The van der Waals surface area contributed by atoms with Crippen molar-refractivity contribution in [1.29, 1.82) is 0 Å². The Morgan fingerprint density at radius 1 is 1.42 bits per heavy atom. The minimum atomic E-state index is 0.633. The summed E-state index contributed by atoms with van der Waals surface area (Å²) in [6, 6.07) is 7.90. The lowest BCUT2D eigenvalue weighted by Crippen LogP contribution is -2.31. The highest BCUT2D eigenvalue weighted by atomic mass is 79.9. The fraction of sp³-hybridized carbons (Fsp3) is 0.462. The number of hydrogen-bond acceptors (Lipinski definition) is 4. The third-order valence-corrected chi connectivity index (χ3v) is 3.86. The fourth-order valence-electron chi connectivity index (χ4n) is 2.39. The topological polar surface area (TPSA) is 55.6 Å². The Morgan fingerprint density at radius 2 is 2.37 bits per heavy atom. The zero-order valence-electron chi connectivity index (χ0n) is 10.6. The molecule has 1 unspecified atom stereocenters. The van der Waals surface area contributed by atoms with Gasteiger partial charge in [-0.3, -0.25) is 0 Å². The highest BCUT2D eigenvalue weighted by Crippen LogP contribution is 2.16. The Morgan fingerprint density at radius 3 is 3.16 bits per heavy atom. The van der Waals surface area contributed by atoms with E-state index in [0.717, 1.165) is 35.5 Å². The molecule has 0 amide bonds. The fourth-order valence-corrected chi connectivity index (χ4v) is 2.78. The van der Waals surface area contributed by atoms with E-state index in [1.54, 1.807) is 4.80 Å². The van der Waals surface area contributed by atoms with Crippen LogP contribution in [0.5, 0.6) is 0 Å². The van der Waals surface area contributed by atoms with Gasteiger partial charge in [0.25, 0.3) is 0 Å². The summed E-state index contributed by atoms with van der Waals surface area (Å²) in [5.74, 6) is 1.46. The Balaban J connectivity index is 1.72. The molecule has 0 bridgehead atoms. The van der Waals surface area contributed by atoms with Gasteiger partial charge in [0.15, 0.2) is 5.82 Å². The van der Waals surface area contributed by atoms with Crippen LogP contribution in [0.2, 0.25) is 0 Å². The van der Waals surface area contributed by atoms with Gasteiger partial charge in [0.1, 0.15) is 0 Å². The van der Waals surface area contributed by atoms with Crippen molar-refractivity contribution in [2.75, 3.05) is 13.1 Å². The van der Waals surface area contributed by atoms with Gasteiger partial charge in [-0.05, 0) is 55.3 Å². The normalized spacial score (nSPS) is 19.5. The quantitative estimate of drug-likeness (QED) is 0.939. The van der Waals surface area contributed by atoms with Crippen LogP contribution >= 0.6 is 15.9 Å². The lowest BCUT2D eigenvalue weighted by atomic mass is 9.96. The van der Waals surface area contributed by atoms with Crippen molar-refractivity contribution in [2.24, 2.45) is 5.92 Å². The summed E-state index contributed by atoms with van der Waals surface area (Å²) in [7, 11) is 0. The molecule has 0 radical (unpaired) electrons. The van der Waals surface area contributed by atoms with Gasteiger partial charge < -0.3 is 5.32 Å². The summed E-state index contributed by atoms with van der Waals surface area (Å²) in [5, 5.41) is 16.2. The maximum absolute atomic E-state index is 4.46. The van der Waals surface area contributed by atoms with Crippen LogP contribution in [0.1, 0.15) is 18.7 Å². The molecule has 5 nitrogen and oxygen atoms in total. The Hall–Kier alpha value is -1.27. The number of nitrogens with one attached hydrogen (secondary N) is 1. The van der Waals surface area contributed by atoms with E-state index in [9.17, 15) is 0 Å². The van der Waals surface area contributed by atoms with E-state index >= 15 is 0 Å². The molecule has 0 spiro atoms. The van der Waals surface area contributed by atoms with Crippen molar-refractivity contribution in [3.8, 4) is 5.69 Å². The minimum absolute atomic E-state index is 0.633. The second-order valence-electron chi connectivity index (χ2n) is 4.89. The van der Waals surface area contributed by atoms with Crippen LogP contribution in [0.4, 0.5) is 0 Å². The average molecular weight is 322 g/mol. The second-order valence-corrected chi connectivity index (χ2v) is 5.81. The molecule has 1 aromatic carbocycles. The zero-order chi connectivity index (χ0) is 13.1. The van der Waals surface area contributed by atoms with E-state index in [-0.39, 0.29) is 0 Å². The van der Waals surface area contributed by atoms with Crippen LogP contribution < -0.4 is 5.32 Å². The zero-order valence-corrected chi connectivity index (χ0v) is 12.2. The maximum atomic E-state index is 4.46. The van der Waals surface area contributed by atoms with E-state index in [0.29, 0.717) is 5.92 Å². The summed E-state index contributed by atoms with van der Waals surface area (Å²) in [6.07, 6.45) is 3.39. The molecule has 1 N–H and O–H groups in total. The van der Waals surface area contributed by atoms with Crippen LogP contribution in [0.25, 0.3) is 5.69 Å². The first kappa shape index (κ1) is 12.7. The third-order valence-electron chi connectivity index (χ3n) is 3.36. The van der Waals surface area contributed by atoms with Crippen molar-refractivity contribution in [3.05, 3.63) is 34.6 Å². The SMILES string of the molecule is Brc1cccc(-n2nnc(CC3CCCNC3)n2)c1. The number of aromatic nitrogens is 4. The third kappa shape index (κ3) is 3.19. The van der Waals surface area contributed by atoms with Gasteiger partial charge in [0.2, 0.25) is 0 Å². The summed E-state index contributed by atoms with van der Waals surface area (Å²) in [4.78, 5) is 1.59. The number of halogens is 1. The predicted molar refractivity (Wildman–Crippen MR) is 76.2 cm³/mol. The van der Waals surface area contributed by atoms with Gasteiger partial charge in [0.05, 0.1) is 5.69 Å². The van der Waals surface area contributed by atoms with Gasteiger partial charge >= 0.3 is 0 Å². The molecule has 1 aliphatic rings. The molecule has 2 heterocycles. The lowest BCUT2D eigenvalue weighted by Gasteiger charge is -2.20. The van der Waals surface area contributed by atoms with Crippen LogP contribution in [0.3, 0.4) is 0 Å². The van der Waals surface area contributed by atoms with Crippen LogP contribution in [-0.4, -0.2) is 33.3 Å². The minimum Gasteiger partial charge on any atom is -0.316 e. The van der Waals surface area contributed by atoms with Crippen LogP contribution in [-0.2, 0) is 6.42 Å². The lowest BCUT2D eigenvalue weighted by molar-refractivity contribution is 0.370. The maximum Gasteiger partial charge on any atom is 0.175 e. The molecule has 6 heteroatoms. The number of rotatable bonds is 3. The largest absolute Gasteiger partial charge is 0.316 e. The molecule has 1 saturated heterocycles. The number of nitrogens with zero attached hydrogens (tertiary/aromatic N) is 4. The van der Waals surface area contributed by atoms with Crippen molar-refractivity contribution < 1.29 is 0 Å². The molecule has 3 rings (SSSR count). The van der Waals surface area contributed by atoms with Gasteiger partial charge in [-0.25, -0.2) is 0 Å². The first-order chi connectivity index (χ1) is 9.31. The van der Waals surface area contributed by atoms with Crippen molar-refractivity contribution in [2.45, 2.75) is 19.3 Å². The molecule has 1 atom stereocenters. The smallest absolute Gasteiger partial charge is 0.175 e. The molecule has 0 aliphatic carbocycles. The van der Waals surface area contributed by atoms with Gasteiger partial charge in [-0.15, -0.1) is 15.0 Å². The molecular formula is C13H16BrN5. The van der Waals surface area contributed by atoms with Crippen LogP contribution in [0.15, 0.2) is 28.7 Å². The molecule has 0 saturated carbocycles. The Labute approximate surface area is 120 Å². The van der Waals surface area contributed by atoms with Crippen LogP contribution in [0, 0.1) is 5.92 Å². The van der Waals surface area contributed by atoms with Gasteiger partial charge in [0, 0.05) is 10.9 Å². The second kappa shape index (κ2) is 5.79. The van der Waals surface area contributed by atoms with E-state index in [1.165, 1.54) is 12.8 Å². The summed E-state index contributed by atoms with van der Waals surface area (Å²) in [6.45, 7) is 2.19. The van der Waals surface area contributed by atoms with Gasteiger partial charge in [-0.1, -0.05) is 22.0 Å². The van der Waals surface area contributed by atoms with E-state index in [1.807, 2.05) is 24.3 Å². The molecular weight excluding hydrogens is 306 g/mol. The molecule has 19 heavy (non-hydrogen) atoms. The van der Waals surface area contributed by atoms with E-state index in [2.05, 4.69) is 36.7 Å². The van der Waals surface area contributed by atoms with E-state index in [4.69, 9.17) is 0 Å². The summed E-state index contributed by atoms with van der Waals surface area (Å²) < 4.78 is 1.01. The number of hydrogen-bond donors (Lipinski definition) is 1. The first-order valence-electron chi connectivity index (χ1n) is 6.57. The monoisotopic (exact) mass is 321 g/mol. The highest BCUT2D eigenvalue weighted by molar-refractivity contribution is 9.10. The average Bonchev–Trinajstić information content (AvgIpc) is 2.88. The van der Waals surface area contributed by atoms with Gasteiger partial charge in [-0.2, -0.15) is 0 Å². The summed E-state index contributed by atoms with van der Waals surface area (Å²) >= 11 is 3.45. The molecule has 1 aliphatic heterocycles. The van der Waals surface area contributed by atoms with Crippen molar-refractivity contribution >= 4 is 15.9 Å². The Kier molecular flexibility index (Phi) is 3.89. The first-order valence-corrected chi connectivity index (χ1v) is 7.36. The van der Waals surface area contributed by atoms with Crippen molar-refractivity contribution in [1.82, 2.24) is 25.5 Å². The highest BCUT2D eigenvalue weighted by Gasteiger charge is 2.16. The molecule has 1 aromatic heterocycles. The summed E-state index contributed by atoms with van der Waals surface area (Å²) in [5.41, 5.74) is 0.926. The van der Waals surface area contributed by atoms with E-state index < -0.39 is 0 Å². The standard InChI is InChI=1S/C13H16BrN5/c14-11-4-1-5-12(8-11)19-17-13(16-18-19)7-10-3-2-6-15-9-10/h1,4-5,8,10,15H,2-3,6-7,9H2. The molecule has 2 aromatic rings. The number of piperidine rings is 1. The Bertz CT molecular complexity index is 547. The predicted octanol–water partition coefficient (Wildman–Crippen LogP) is 1.97. The number of benzene rings is 1. The number of tetrazole rings is 1.